The summed E-state index contributed by atoms with van der Waals surface area (Å²) in [5.41, 5.74) is 0. The molecule has 116 valence electrons. The van der Waals surface area contributed by atoms with E-state index in [-0.39, 0.29) is 18.6 Å². The number of nitrogens with zero attached hydrogens (tertiary/aromatic N) is 1. The van der Waals surface area contributed by atoms with E-state index < -0.39 is 0 Å². The molecular formula is C15H19Cl2NO3. The molecule has 0 radical (unpaired) electrons. The largest absolute Gasteiger partial charge is 0.482 e. The molecule has 0 aliphatic carbocycles. The first-order chi connectivity index (χ1) is 10.1. The SMILES string of the molecule is CCOCC1CCCN1C(=O)COc1ccc(Cl)cc1Cl. The van der Waals surface area contributed by atoms with Crippen molar-refractivity contribution in [1.29, 1.82) is 0 Å². The Bertz CT molecular complexity index is 496. The topological polar surface area (TPSA) is 38.8 Å². The lowest BCUT2D eigenvalue weighted by atomic mass is 10.2. The summed E-state index contributed by atoms with van der Waals surface area (Å²) < 4.78 is 10.9. The van der Waals surface area contributed by atoms with Gasteiger partial charge in [0.15, 0.2) is 6.61 Å². The first-order valence-corrected chi connectivity index (χ1v) is 7.82. The first kappa shape index (κ1) is 16.4. The number of hydrogen-bond acceptors (Lipinski definition) is 3. The van der Waals surface area contributed by atoms with Crippen molar-refractivity contribution in [1.82, 2.24) is 4.90 Å². The Morgan fingerprint density at radius 3 is 2.95 bits per heavy atom. The van der Waals surface area contributed by atoms with Crippen LogP contribution >= 0.6 is 23.2 Å². The van der Waals surface area contributed by atoms with Crippen molar-refractivity contribution in [2.75, 3.05) is 26.4 Å². The molecule has 0 bridgehead atoms. The van der Waals surface area contributed by atoms with E-state index in [9.17, 15) is 4.79 Å². The van der Waals surface area contributed by atoms with Crippen molar-refractivity contribution in [2.24, 2.45) is 0 Å². The highest BCUT2D eigenvalue weighted by Crippen LogP contribution is 2.27. The van der Waals surface area contributed by atoms with Crippen LogP contribution in [0.15, 0.2) is 18.2 Å². The van der Waals surface area contributed by atoms with Gasteiger partial charge in [-0.25, -0.2) is 0 Å². The molecule has 2 rings (SSSR count). The number of carbonyl (C=O) groups is 1. The lowest BCUT2D eigenvalue weighted by molar-refractivity contribution is -0.135. The summed E-state index contributed by atoms with van der Waals surface area (Å²) in [6, 6.07) is 5.10. The zero-order valence-corrected chi connectivity index (χ0v) is 13.5. The average Bonchev–Trinajstić information content (AvgIpc) is 2.92. The van der Waals surface area contributed by atoms with Crippen LogP contribution in [0.1, 0.15) is 19.8 Å². The van der Waals surface area contributed by atoms with E-state index in [1.807, 2.05) is 11.8 Å². The average molecular weight is 332 g/mol. The molecular weight excluding hydrogens is 313 g/mol. The Balaban J connectivity index is 1.88. The van der Waals surface area contributed by atoms with E-state index in [4.69, 9.17) is 32.7 Å². The van der Waals surface area contributed by atoms with Crippen LogP contribution in [0.4, 0.5) is 0 Å². The summed E-state index contributed by atoms with van der Waals surface area (Å²) in [7, 11) is 0. The lowest BCUT2D eigenvalue weighted by Gasteiger charge is -2.24. The van der Waals surface area contributed by atoms with E-state index in [0.29, 0.717) is 29.0 Å². The van der Waals surface area contributed by atoms with Crippen LogP contribution in [-0.2, 0) is 9.53 Å². The van der Waals surface area contributed by atoms with Gasteiger partial charge in [-0.05, 0) is 38.0 Å². The maximum absolute atomic E-state index is 12.2. The van der Waals surface area contributed by atoms with Crippen LogP contribution in [-0.4, -0.2) is 43.2 Å². The highest BCUT2D eigenvalue weighted by atomic mass is 35.5. The third-order valence-corrected chi connectivity index (χ3v) is 3.99. The number of hydrogen-bond donors (Lipinski definition) is 0. The van der Waals surface area contributed by atoms with Gasteiger partial charge in [-0.15, -0.1) is 0 Å². The molecule has 21 heavy (non-hydrogen) atoms. The lowest BCUT2D eigenvalue weighted by Crippen LogP contribution is -2.41. The van der Waals surface area contributed by atoms with Gasteiger partial charge in [0, 0.05) is 18.2 Å². The van der Waals surface area contributed by atoms with E-state index in [1.165, 1.54) is 0 Å². The quantitative estimate of drug-likeness (QED) is 0.801. The molecule has 0 spiro atoms. The van der Waals surface area contributed by atoms with Crippen LogP contribution in [0.25, 0.3) is 0 Å². The molecule has 1 heterocycles. The number of carbonyl (C=O) groups excluding carboxylic acids is 1. The Morgan fingerprint density at radius 2 is 2.24 bits per heavy atom. The molecule has 0 N–H and O–H groups in total. The number of rotatable bonds is 6. The molecule has 4 nitrogen and oxygen atoms in total. The Hall–Kier alpha value is -0.970. The monoisotopic (exact) mass is 331 g/mol. The number of halogens is 2. The van der Waals surface area contributed by atoms with Crippen molar-refractivity contribution in [3.05, 3.63) is 28.2 Å². The molecule has 0 saturated carbocycles. The minimum absolute atomic E-state index is 0.0238. The zero-order chi connectivity index (χ0) is 15.2. The molecule has 1 amide bonds. The maximum Gasteiger partial charge on any atom is 0.260 e. The molecule has 1 aromatic carbocycles. The maximum atomic E-state index is 12.2. The Kier molecular flexibility index (Phi) is 6.15. The van der Waals surface area contributed by atoms with Gasteiger partial charge in [-0.3, -0.25) is 4.79 Å². The van der Waals surface area contributed by atoms with Gasteiger partial charge in [0.05, 0.1) is 17.7 Å². The van der Waals surface area contributed by atoms with E-state index >= 15 is 0 Å². The molecule has 1 unspecified atom stereocenters. The summed E-state index contributed by atoms with van der Waals surface area (Å²) in [4.78, 5) is 14.1. The van der Waals surface area contributed by atoms with Gasteiger partial charge in [0.25, 0.3) is 5.91 Å². The minimum atomic E-state index is -0.0387. The fourth-order valence-electron chi connectivity index (χ4n) is 2.41. The first-order valence-electron chi connectivity index (χ1n) is 7.07. The van der Waals surface area contributed by atoms with Crippen molar-refractivity contribution < 1.29 is 14.3 Å². The number of amides is 1. The third-order valence-electron chi connectivity index (χ3n) is 3.46. The summed E-state index contributed by atoms with van der Waals surface area (Å²) in [5.74, 6) is 0.429. The Labute approximate surface area is 134 Å². The highest BCUT2D eigenvalue weighted by molar-refractivity contribution is 6.35. The fourth-order valence-corrected chi connectivity index (χ4v) is 2.87. The summed E-state index contributed by atoms with van der Waals surface area (Å²) in [5, 5.41) is 0.942. The van der Waals surface area contributed by atoms with E-state index in [0.717, 1.165) is 19.4 Å². The predicted molar refractivity (Wildman–Crippen MR) is 83.2 cm³/mol. The van der Waals surface area contributed by atoms with Crippen LogP contribution in [0.5, 0.6) is 5.75 Å². The summed E-state index contributed by atoms with van der Waals surface area (Å²) >= 11 is 11.8. The molecule has 6 heteroatoms. The second-order valence-corrected chi connectivity index (χ2v) is 5.75. The van der Waals surface area contributed by atoms with Gasteiger partial charge in [-0.1, -0.05) is 23.2 Å². The normalized spacial score (nSPS) is 18.0. The van der Waals surface area contributed by atoms with Crippen LogP contribution in [0.2, 0.25) is 10.0 Å². The van der Waals surface area contributed by atoms with Crippen molar-refractivity contribution in [3.63, 3.8) is 0 Å². The van der Waals surface area contributed by atoms with Crippen molar-refractivity contribution in [3.8, 4) is 5.75 Å². The zero-order valence-electron chi connectivity index (χ0n) is 12.0. The molecule has 1 aliphatic rings. The molecule has 1 saturated heterocycles. The van der Waals surface area contributed by atoms with Gasteiger partial charge in [0.2, 0.25) is 0 Å². The predicted octanol–water partition coefficient (Wildman–Crippen LogP) is 3.40. The van der Waals surface area contributed by atoms with Crippen LogP contribution in [0.3, 0.4) is 0 Å². The third kappa shape index (κ3) is 4.50. The van der Waals surface area contributed by atoms with Crippen LogP contribution < -0.4 is 4.74 Å². The highest BCUT2D eigenvalue weighted by Gasteiger charge is 2.28. The molecule has 0 aromatic heterocycles. The van der Waals surface area contributed by atoms with Crippen LogP contribution in [0, 0.1) is 0 Å². The number of benzene rings is 1. The van der Waals surface area contributed by atoms with Gasteiger partial charge in [-0.2, -0.15) is 0 Å². The standard InChI is InChI=1S/C15H19Cl2NO3/c1-2-20-9-12-4-3-7-18(12)15(19)10-21-14-6-5-11(16)8-13(14)17/h5-6,8,12H,2-4,7,9-10H2,1H3. The summed E-state index contributed by atoms with van der Waals surface area (Å²) in [6.07, 6.45) is 1.98. The summed E-state index contributed by atoms with van der Waals surface area (Å²) in [6.45, 7) is 3.93. The van der Waals surface area contributed by atoms with Gasteiger partial charge >= 0.3 is 0 Å². The van der Waals surface area contributed by atoms with Gasteiger partial charge < -0.3 is 14.4 Å². The van der Waals surface area contributed by atoms with Gasteiger partial charge in [0.1, 0.15) is 5.75 Å². The van der Waals surface area contributed by atoms with Crippen molar-refractivity contribution in [2.45, 2.75) is 25.8 Å². The molecule has 1 aromatic rings. The second-order valence-electron chi connectivity index (χ2n) is 4.91. The second kappa shape index (κ2) is 7.87. The van der Waals surface area contributed by atoms with Crippen molar-refractivity contribution >= 4 is 29.1 Å². The van der Waals surface area contributed by atoms with E-state index in [2.05, 4.69) is 0 Å². The smallest absolute Gasteiger partial charge is 0.260 e. The minimum Gasteiger partial charge on any atom is -0.482 e. The molecule has 1 atom stereocenters. The molecule has 1 fully saturated rings. The van der Waals surface area contributed by atoms with E-state index in [1.54, 1.807) is 18.2 Å². The fraction of sp³-hybridized carbons (Fsp3) is 0.533. The Morgan fingerprint density at radius 1 is 1.43 bits per heavy atom. The molecule has 1 aliphatic heterocycles. The number of likely N-dealkylation sites (tertiary alicyclic amines) is 1. The number of ether oxygens (including phenoxy) is 2.